The zero-order valence-electron chi connectivity index (χ0n) is 21.4. The highest BCUT2D eigenvalue weighted by atomic mass is 19.4. The van der Waals surface area contributed by atoms with Gasteiger partial charge >= 0.3 is 12.3 Å². The lowest BCUT2D eigenvalue weighted by Crippen LogP contribution is -2.50. The number of carbonyl (C=O) groups excluding carboxylic acids is 2. The fourth-order valence-electron chi connectivity index (χ4n) is 4.70. The fraction of sp³-hybridized carbons (Fsp3) is 0.692. The third-order valence-corrected chi connectivity index (χ3v) is 6.79. The molecule has 2 amide bonds. The first-order chi connectivity index (χ1) is 16.8. The van der Waals surface area contributed by atoms with E-state index in [2.05, 4.69) is 4.90 Å². The van der Waals surface area contributed by atoms with Crippen LogP contribution in [0, 0.1) is 0 Å². The highest BCUT2D eigenvalue weighted by molar-refractivity contribution is 5.86. The third-order valence-electron chi connectivity index (χ3n) is 6.79. The molecule has 1 N–H and O–H groups in total. The summed E-state index contributed by atoms with van der Waals surface area (Å²) in [4.78, 5) is 31.7. The molecule has 3 aliphatic rings. The zero-order chi connectivity index (χ0) is 26.5. The number of benzene rings is 1. The number of ether oxygens (including phenoxy) is 1. The lowest BCUT2D eigenvalue weighted by molar-refractivity contribution is -0.137. The molecule has 0 radical (unpaired) electrons. The monoisotopic (exact) mass is 513 g/mol. The summed E-state index contributed by atoms with van der Waals surface area (Å²) in [6.45, 7) is 9.86. The second-order valence-electron chi connectivity index (χ2n) is 10.7. The van der Waals surface area contributed by atoms with Crippen molar-refractivity contribution in [2.24, 2.45) is 0 Å². The molecule has 7 nitrogen and oxygen atoms in total. The number of phenols is 1. The highest BCUT2D eigenvalue weighted by Crippen LogP contribution is 2.30. The van der Waals surface area contributed by atoms with Gasteiger partial charge in [-0.2, -0.15) is 13.2 Å². The van der Waals surface area contributed by atoms with E-state index in [0.717, 1.165) is 75.7 Å². The van der Waals surface area contributed by atoms with Gasteiger partial charge in [-0.1, -0.05) is 6.42 Å². The number of aromatic hydroxyl groups is 1. The normalized spacial score (nSPS) is 21.8. The van der Waals surface area contributed by atoms with Crippen molar-refractivity contribution in [3.8, 4) is 5.75 Å². The maximum Gasteiger partial charge on any atom is 0.416 e. The molecule has 0 aromatic heterocycles. The van der Waals surface area contributed by atoms with Gasteiger partial charge in [-0.15, -0.1) is 0 Å². The van der Waals surface area contributed by atoms with E-state index in [1.165, 1.54) is 19.3 Å². The number of rotatable bonds is 2. The molecular weight excluding hydrogens is 475 g/mol. The van der Waals surface area contributed by atoms with Crippen LogP contribution in [-0.2, 0) is 15.7 Å². The van der Waals surface area contributed by atoms with Crippen LogP contribution >= 0.6 is 0 Å². The van der Waals surface area contributed by atoms with Gasteiger partial charge < -0.3 is 14.7 Å². The van der Waals surface area contributed by atoms with Gasteiger partial charge in [-0.25, -0.2) is 4.79 Å². The molecule has 1 aliphatic carbocycles. The molecule has 10 heteroatoms. The smallest absolute Gasteiger partial charge is 0.416 e. The summed E-state index contributed by atoms with van der Waals surface area (Å²) < 4.78 is 41.0. The number of amides is 2. The van der Waals surface area contributed by atoms with Crippen LogP contribution in [0.4, 0.5) is 18.0 Å². The first kappa shape index (κ1) is 28.1. The van der Waals surface area contributed by atoms with Gasteiger partial charge in [0.05, 0.1) is 5.56 Å². The molecule has 0 unspecified atom stereocenters. The van der Waals surface area contributed by atoms with Crippen molar-refractivity contribution in [3.05, 3.63) is 29.8 Å². The summed E-state index contributed by atoms with van der Waals surface area (Å²) in [6.07, 6.45) is 1.94. The van der Waals surface area contributed by atoms with E-state index in [1.54, 1.807) is 4.90 Å². The summed E-state index contributed by atoms with van der Waals surface area (Å²) >= 11 is 0. The Bertz CT molecular complexity index is 882. The molecule has 1 aromatic carbocycles. The quantitative estimate of drug-likeness (QED) is 0.610. The number of likely N-dealkylation sites (tertiary alicyclic amines) is 1. The van der Waals surface area contributed by atoms with Crippen LogP contribution in [0.1, 0.15) is 64.9 Å². The molecule has 0 spiro atoms. The number of hydrogen-bond acceptors (Lipinski definition) is 5. The first-order valence-corrected chi connectivity index (χ1v) is 12.7. The molecule has 3 fully saturated rings. The van der Waals surface area contributed by atoms with Crippen molar-refractivity contribution in [2.75, 3.05) is 32.7 Å². The molecule has 36 heavy (non-hydrogen) atoms. The van der Waals surface area contributed by atoms with Crippen molar-refractivity contribution in [3.63, 3.8) is 0 Å². The van der Waals surface area contributed by atoms with Crippen LogP contribution in [0.5, 0.6) is 5.75 Å². The van der Waals surface area contributed by atoms with Gasteiger partial charge in [0.15, 0.2) is 0 Å². The molecule has 202 valence electrons. The minimum Gasteiger partial charge on any atom is -0.508 e. The van der Waals surface area contributed by atoms with E-state index >= 15 is 0 Å². The Morgan fingerprint density at radius 3 is 2.11 bits per heavy atom. The highest BCUT2D eigenvalue weighted by Gasteiger charge is 2.39. The molecule has 1 saturated carbocycles. The Balaban J connectivity index is 0.000000275. The Hall–Kier alpha value is -2.49. The van der Waals surface area contributed by atoms with E-state index in [-0.39, 0.29) is 23.8 Å². The van der Waals surface area contributed by atoms with Gasteiger partial charge in [0, 0.05) is 38.8 Å². The number of halogens is 3. The van der Waals surface area contributed by atoms with Crippen LogP contribution in [0.25, 0.3) is 0 Å². The largest absolute Gasteiger partial charge is 0.508 e. The number of nitrogens with zero attached hydrogens (tertiary/aromatic N) is 3. The summed E-state index contributed by atoms with van der Waals surface area (Å²) in [5.41, 5.74) is -1.28. The van der Waals surface area contributed by atoms with Crippen LogP contribution in [0.2, 0.25) is 0 Å². The van der Waals surface area contributed by atoms with Crippen LogP contribution in [0.15, 0.2) is 24.3 Å². The van der Waals surface area contributed by atoms with Gasteiger partial charge in [-0.3, -0.25) is 14.6 Å². The van der Waals surface area contributed by atoms with Crippen molar-refractivity contribution in [1.29, 1.82) is 0 Å². The summed E-state index contributed by atoms with van der Waals surface area (Å²) in [7, 11) is 0. The molecule has 4 rings (SSSR count). The molecule has 0 bridgehead atoms. The van der Waals surface area contributed by atoms with E-state index in [1.807, 2.05) is 25.7 Å². The summed E-state index contributed by atoms with van der Waals surface area (Å²) in [5.74, 6) is -0.0585. The standard InChI is InChI=1S/C19H33N3O3.C7H5F3O/c1-19(2,3)25-18(24)22-12-5-9-16(22)17(23)21-11-6-10-20(13-14-21)15-7-4-8-15;8-7(9,10)5-1-3-6(11)4-2-5/h15-16H,4-14H2,1-3H3;1-4,11H/t16-;/m1./s1. The number of phenolic OH excluding ortho intramolecular Hbond substituents is 1. The lowest BCUT2D eigenvalue weighted by Gasteiger charge is -2.37. The molecule has 1 atom stereocenters. The minimum atomic E-state index is -4.33. The fourth-order valence-corrected chi connectivity index (χ4v) is 4.70. The van der Waals surface area contributed by atoms with Gasteiger partial charge in [0.1, 0.15) is 17.4 Å². The second kappa shape index (κ2) is 11.7. The average Bonchev–Trinajstić information content (AvgIpc) is 3.11. The SMILES string of the molecule is CC(C)(C)OC(=O)N1CCC[C@@H]1C(=O)N1CCCN(C2CCC2)CC1.Oc1ccc(C(F)(F)F)cc1. The molecular formula is C26H38F3N3O4. The van der Waals surface area contributed by atoms with Gasteiger partial charge in [-0.05, 0) is 77.1 Å². The minimum absolute atomic E-state index is 0.110. The van der Waals surface area contributed by atoms with E-state index < -0.39 is 17.3 Å². The van der Waals surface area contributed by atoms with Crippen molar-refractivity contribution in [2.45, 2.75) is 83.2 Å². The molecule has 1 aromatic rings. The Kier molecular flexibility index (Phi) is 9.13. The van der Waals surface area contributed by atoms with Crippen molar-refractivity contribution in [1.82, 2.24) is 14.7 Å². The summed E-state index contributed by atoms with van der Waals surface area (Å²) in [5, 5.41) is 8.66. The van der Waals surface area contributed by atoms with Crippen LogP contribution in [0.3, 0.4) is 0 Å². The molecule has 2 aliphatic heterocycles. The zero-order valence-corrected chi connectivity index (χ0v) is 21.4. The Morgan fingerprint density at radius 2 is 1.56 bits per heavy atom. The van der Waals surface area contributed by atoms with Gasteiger partial charge in [0.2, 0.25) is 5.91 Å². The second-order valence-corrected chi connectivity index (χ2v) is 10.7. The maximum atomic E-state index is 13.1. The van der Waals surface area contributed by atoms with Crippen LogP contribution in [-0.4, -0.2) is 82.2 Å². The number of alkyl halides is 3. The van der Waals surface area contributed by atoms with E-state index in [0.29, 0.717) is 6.54 Å². The Labute approximate surface area is 211 Å². The first-order valence-electron chi connectivity index (χ1n) is 12.7. The Morgan fingerprint density at radius 1 is 0.889 bits per heavy atom. The third kappa shape index (κ3) is 7.75. The summed E-state index contributed by atoms with van der Waals surface area (Å²) in [6, 6.07) is 4.06. The van der Waals surface area contributed by atoms with Crippen molar-refractivity contribution < 1.29 is 32.6 Å². The molecule has 2 saturated heterocycles. The van der Waals surface area contributed by atoms with E-state index in [9.17, 15) is 22.8 Å². The average molecular weight is 514 g/mol. The van der Waals surface area contributed by atoms with E-state index in [4.69, 9.17) is 9.84 Å². The lowest BCUT2D eigenvalue weighted by atomic mass is 9.91. The van der Waals surface area contributed by atoms with Gasteiger partial charge in [0.25, 0.3) is 0 Å². The topological polar surface area (TPSA) is 73.3 Å². The maximum absolute atomic E-state index is 13.1. The van der Waals surface area contributed by atoms with Crippen LogP contribution < -0.4 is 0 Å². The number of carbonyl (C=O) groups is 2. The molecule has 2 heterocycles. The van der Waals surface area contributed by atoms with Crippen molar-refractivity contribution >= 4 is 12.0 Å². The predicted octanol–water partition coefficient (Wildman–Crippen LogP) is 4.88. The number of hydrogen-bond donors (Lipinski definition) is 1. The predicted molar refractivity (Wildman–Crippen MR) is 129 cm³/mol.